The van der Waals surface area contributed by atoms with Crippen molar-refractivity contribution in [3.05, 3.63) is 29.3 Å². The van der Waals surface area contributed by atoms with Crippen LogP contribution in [-0.2, 0) is 0 Å². The molecule has 0 amide bonds. The van der Waals surface area contributed by atoms with Crippen molar-refractivity contribution in [2.45, 2.75) is 39.7 Å². The Kier molecular flexibility index (Phi) is 4.91. The predicted molar refractivity (Wildman–Crippen MR) is 74.2 cm³/mol. The summed E-state index contributed by atoms with van der Waals surface area (Å²) >= 11 is 0. The van der Waals surface area contributed by atoms with Crippen LogP contribution >= 0.6 is 0 Å². The second kappa shape index (κ2) is 6.01. The van der Waals surface area contributed by atoms with Crippen LogP contribution < -0.4 is 10.5 Å². The van der Waals surface area contributed by atoms with Gasteiger partial charge in [0.05, 0.1) is 13.2 Å². The Morgan fingerprint density at radius 3 is 2.28 bits per heavy atom. The van der Waals surface area contributed by atoms with Crippen LogP contribution in [0, 0.1) is 5.92 Å². The first-order valence-electron chi connectivity index (χ1n) is 6.36. The van der Waals surface area contributed by atoms with E-state index in [1.54, 1.807) is 13.2 Å². The summed E-state index contributed by atoms with van der Waals surface area (Å²) in [6, 6.07) is 5.08. The van der Waals surface area contributed by atoms with Crippen LogP contribution in [0.15, 0.2) is 18.2 Å². The summed E-state index contributed by atoms with van der Waals surface area (Å²) in [5.41, 5.74) is 7.62. The lowest BCUT2D eigenvalue weighted by Gasteiger charge is -2.17. The van der Waals surface area contributed by atoms with Gasteiger partial charge >= 0.3 is 0 Å². The van der Waals surface area contributed by atoms with E-state index in [1.807, 2.05) is 26.0 Å². The Bertz CT molecular complexity index is 425. The summed E-state index contributed by atoms with van der Waals surface area (Å²) in [6.45, 7) is 8.06. The second-order valence-electron chi connectivity index (χ2n) is 5.25. The van der Waals surface area contributed by atoms with Crippen LogP contribution in [0.4, 0.5) is 0 Å². The van der Waals surface area contributed by atoms with E-state index in [9.17, 15) is 4.79 Å². The second-order valence-corrected chi connectivity index (χ2v) is 5.25. The van der Waals surface area contributed by atoms with Gasteiger partial charge in [0, 0.05) is 5.56 Å². The van der Waals surface area contributed by atoms with Crippen molar-refractivity contribution in [3.8, 4) is 5.75 Å². The molecule has 100 valence electrons. The minimum atomic E-state index is -0.446. The summed E-state index contributed by atoms with van der Waals surface area (Å²) in [7, 11) is 1.64. The number of benzene rings is 1. The molecule has 1 unspecified atom stereocenters. The third kappa shape index (κ3) is 3.10. The number of Topliss-reactive ketones (excluding diaryl/α,β-unsaturated/α-hetero) is 1. The van der Waals surface area contributed by atoms with Crippen molar-refractivity contribution in [2.24, 2.45) is 11.7 Å². The minimum Gasteiger partial charge on any atom is -0.496 e. The summed E-state index contributed by atoms with van der Waals surface area (Å²) in [6.07, 6.45) is 0. The Labute approximate surface area is 109 Å². The highest BCUT2D eigenvalue weighted by Gasteiger charge is 2.20. The fraction of sp³-hybridized carbons (Fsp3) is 0.533. The molecular formula is C15H23NO2. The van der Waals surface area contributed by atoms with Gasteiger partial charge in [0.2, 0.25) is 0 Å². The Morgan fingerprint density at radius 2 is 1.83 bits per heavy atom. The number of ether oxygens (including phenoxy) is 1. The molecule has 2 N–H and O–H groups in total. The standard InChI is InChI=1S/C15H23NO2/c1-9(2)12-8-11(6-7-13(12)18-5)15(17)14(16)10(3)4/h6-10,14H,16H2,1-5H3. The smallest absolute Gasteiger partial charge is 0.179 e. The van der Waals surface area contributed by atoms with Crippen LogP contribution in [0.25, 0.3) is 0 Å². The third-order valence-corrected chi connectivity index (χ3v) is 3.16. The molecule has 3 nitrogen and oxygen atoms in total. The SMILES string of the molecule is COc1ccc(C(=O)C(N)C(C)C)cc1C(C)C. The first-order chi connectivity index (χ1) is 8.38. The Hall–Kier alpha value is -1.35. The first kappa shape index (κ1) is 14.7. The molecule has 0 radical (unpaired) electrons. The molecule has 0 spiro atoms. The van der Waals surface area contributed by atoms with E-state index in [0.29, 0.717) is 11.5 Å². The van der Waals surface area contributed by atoms with Gasteiger partial charge in [-0.3, -0.25) is 4.79 Å². The maximum Gasteiger partial charge on any atom is 0.179 e. The molecule has 0 saturated heterocycles. The molecule has 0 fully saturated rings. The van der Waals surface area contributed by atoms with E-state index < -0.39 is 6.04 Å². The number of methoxy groups -OCH3 is 1. The molecule has 0 aliphatic carbocycles. The van der Waals surface area contributed by atoms with Crippen molar-refractivity contribution in [2.75, 3.05) is 7.11 Å². The monoisotopic (exact) mass is 249 g/mol. The van der Waals surface area contributed by atoms with Gasteiger partial charge in [0.25, 0.3) is 0 Å². The number of carbonyl (C=O) groups excluding carboxylic acids is 1. The largest absolute Gasteiger partial charge is 0.496 e. The fourth-order valence-electron chi connectivity index (χ4n) is 1.83. The molecule has 0 heterocycles. The minimum absolute atomic E-state index is 0.00504. The highest BCUT2D eigenvalue weighted by molar-refractivity contribution is 6.00. The predicted octanol–water partition coefficient (Wildman–Crippen LogP) is 2.98. The van der Waals surface area contributed by atoms with Gasteiger partial charge in [-0.15, -0.1) is 0 Å². The van der Waals surface area contributed by atoms with Crippen LogP contribution in [0.5, 0.6) is 5.75 Å². The van der Waals surface area contributed by atoms with Crippen molar-refractivity contribution < 1.29 is 9.53 Å². The molecule has 3 heteroatoms. The van der Waals surface area contributed by atoms with E-state index in [4.69, 9.17) is 10.5 Å². The summed E-state index contributed by atoms with van der Waals surface area (Å²) < 4.78 is 5.31. The van der Waals surface area contributed by atoms with Gasteiger partial charge < -0.3 is 10.5 Å². The normalized spacial score (nSPS) is 12.9. The van der Waals surface area contributed by atoms with E-state index >= 15 is 0 Å². The number of ketones is 1. The fourth-order valence-corrected chi connectivity index (χ4v) is 1.83. The number of nitrogens with two attached hydrogens (primary N) is 1. The molecule has 0 bridgehead atoms. The average molecular weight is 249 g/mol. The Balaban J connectivity index is 3.12. The van der Waals surface area contributed by atoms with Crippen molar-refractivity contribution in [1.29, 1.82) is 0 Å². The zero-order valence-corrected chi connectivity index (χ0v) is 11.9. The molecule has 0 saturated carbocycles. The molecule has 1 rings (SSSR count). The lowest BCUT2D eigenvalue weighted by atomic mass is 9.92. The van der Waals surface area contributed by atoms with E-state index in [2.05, 4.69) is 13.8 Å². The highest BCUT2D eigenvalue weighted by Crippen LogP contribution is 2.27. The third-order valence-electron chi connectivity index (χ3n) is 3.16. The lowest BCUT2D eigenvalue weighted by molar-refractivity contribution is 0.0940. The maximum atomic E-state index is 12.2. The van der Waals surface area contributed by atoms with E-state index in [1.165, 1.54) is 0 Å². The van der Waals surface area contributed by atoms with Gasteiger partial charge in [-0.25, -0.2) is 0 Å². The van der Waals surface area contributed by atoms with Crippen LogP contribution in [0.1, 0.15) is 49.5 Å². The zero-order valence-electron chi connectivity index (χ0n) is 11.9. The molecule has 0 aliphatic rings. The molecule has 18 heavy (non-hydrogen) atoms. The molecule has 0 aliphatic heterocycles. The van der Waals surface area contributed by atoms with E-state index in [-0.39, 0.29) is 11.7 Å². The van der Waals surface area contributed by atoms with Gasteiger partial charge in [0.15, 0.2) is 5.78 Å². The first-order valence-corrected chi connectivity index (χ1v) is 6.36. The number of hydrogen-bond acceptors (Lipinski definition) is 3. The van der Waals surface area contributed by atoms with Crippen molar-refractivity contribution in [3.63, 3.8) is 0 Å². The van der Waals surface area contributed by atoms with Gasteiger partial charge in [-0.05, 0) is 35.6 Å². The van der Waals surface area contributed by atoms with Crippen LogP contribution in [-0.4, -0.2) is 18.9 Å². The lowest BCUT2D eigenvalue weighted by Crippen LogP contribution is -2.35. The van der Waals surface area contributed by atoms with Gasteiger partial charge in [-0.1, -0.05) is 27.7 Å². The summed E-state index contributed by atoms with van der Waals surface area (Å²) in [4.78, 5) is 12.2. The molecule has 1 aromatic rings. The van der Waals surface area contributed by atoms with Crippen molar-refractivity contribution >= 4 is 5.78 Å². The van der Waals surface area contributed by atoms with Crippen LogP contribution in [0.2, 0.25) is 0 Å². The van der Waals surface area contributed by atoms with Gasteiger partial charge in [-0.2, -0.15) is 0 Å². The summed E-state index contributed by atoms with van der Waals surface area (Å²) in [5.74, 6) is 1.26. The van der Waals surface area contributed by atoms with Crippen LogP contribution in [0.3, 0.4) is 0 Å². The number of carbonyl (C=O) groups is 1. The Morgan fingerprint density at radius 1 is 1.22 bits per heavy atom. The van der Waals surface area contributed by atoms with E-state index in [0.717, 1.165) is 11.3 Å². The average Bonchev–Trinajstić information content (AvgIpc) is 2.35. The number of hydrogen-bond donors (Lipinski definition) is 1. The summed E-state index contributed by atoms with van der Waals surface area (Å²) in [5, 5.41) is 0. The topological polar surface area (TPSA) is 52.3 Å². The molecule has 1 aromatic carbocycles. The molecular weight excluding hydrogens is 226 g/mol. The highest BCUT2D eigenvalue weighted by atomic mass is 16.5. The zero-order chi connectivity index (χ0) is 13.9. The maximum absolute atomic E-state index is 12.2. The number of rotatable bonds is 5. The van der Waals surface area contributed by atoms with Gasteiger partial charge in [0.1, 0.15) is 5.75 Å². The molecule has 0 aromatic heterocycles. The quantitative estimate of drug-likeness (QED) is 0.816. The molecule has 1 atom stereocenters. The van der Waals surface area contributed by atoms with Crippen molar-refractivity contribution in [1.82, 2.24) is 0 Å².